The zero-order valence-corrected chi connectivity index (χ0v) is 12.9. The summed E-state index contributed by atoms with van der Waals surface area (Å²) in [6.45, 7) is 1.90. The fraction of sp³-hybridized carbons (Fsp3) is 0.882. The molecule has 4 nitrogen and oxygen atoms in total. The highest BCUT2D eigenvalue weighted by atomic mass is 16.4. The number of aliphatic carboxylic acids is 1. The molecule has 4 aliphatic rings. The molecule has 4 fully saturated rings. The lowest BCUT2D eigenvalue weighted by Crippen LogP contribution is -2.48. The molecule has 0 aromatic heterocycles. The van der Waals surface area contributed by atoms with Crippen molar-refractivity contribution in [2.24, 2.45) is 23.2 Å². The molecule has 4 heteroatoms. The van der Waals surface area contributed by atoms with Crippen LogP contribution < -0.4 is 5.32 Å². The van der Waals surface area contributed by atoms with Crippen molar-refractivity contribution < 1.29 is 14.7 Å². The van der Waals surface area contributed by atoms with Gasteiger partial charge in [0.1, 0.15) is 0 Å². The van der Waals surface area contributed by atoms with Crippen LogP contribution >= 0.6 is 0 Å². The normalized spacial score (nSPS) is 38.2. The molecule has 1 unspecified atom stereocenters. The zero-order valence-electron chi connectivity index (χ0n) is 12.9. The fourth-order valence-electron chi connectivity index (χ4n) is 5.59. The Morgan fingerprint density at radius 2 is 1.67 bits per heavy atom. The van der Waals surface area contributed by atoms with E-state index < -0.39 is 5.97 Å². The van der Waals surface area contributed by atoms with Gasteiger partial charge in [-0.05, 0) is 75.0 Å². The topological polar surface area (TPSA) is 66.4 Å². The van der Waals surface area contributed by atoms with Gasteiger partial charge in [-0.2, -0.15) is 0 Å². The molecule has 0 aliphatic heterocycles. The quantitative estimate of drug-likeness (QED) is 0.791. The molecule has 4 saturated carbocycles. The monoisotopic (exact) mass is 293 g/mol. The van der Waals surface area contributed by atoms with Crippen LogP contribution in [-0.2, 0) is 9.59 Å². The third-order valence-corrected chi connectivity index (χ3v) is 5.90. The van der Waals surface area contributed by atoms with Gasteiger partial charge in [0.25, 0.3) is 0 Å². The van der Waals surface area contributed by atoms with Crippen LogP contribution in [0.3, 0.4) is 0 Å². The first-order valence-corrected chi connectivity index (χ1v) is 8.45. The van der Waals surface area contributed by atoms with Gasteiger partial charge < -0.3 is 10.4 Å². The molecule has 118 valence electrons. The first kappa shape index (κ1) is 14.9. The van der Waals surface area contributed by atoms with Crippen molar-refractivity contribution in [2.45, 2.75) is 70.8 Å². The Balaban J connectivity index is 1.52. The molecule has 2 N–H and O–H groups in total. The highest BCUT2D eigenvalue weighted by molar-refractivity contribution is 5.77. The first-order valence-electron chi connectivity index (χ1n) is 8.45. The predicted molar refractivity (Wildman–Crippen MR) is 79.7 cm³/mol. The maximum absolute atomic E-state index is 12.3. The van der Waals surface area contributed by atoms with Crippen molar-refractivity contribution in [1.29, 1.82) is 0 Å². The van der Waals surface area contributed by atoms with Crippen LogP contribution in [0.1, 0.15) is 64.7 Å². The lowest BCUT2D eigenvalue weighted by atomic mass is 9.49. The maximum Gasteiger partial charge on any atom is 0.303 e. The molecule has 4 bridgehead atoms. The van der Waals surface area contributed by atoms with Gasteiger partial charge in [-0.3, -0.25) is 9.59 Å². The Kier molecular flexibility index (Phi) is 3.98. The van der Waals surface area contributed by atoms with Gasteiger partial charge in [0, 0.05) is 18.9 Å². The number of carboxylic acids is 1. The van der Waals surface area contributed by atoms with Crippen LogP contribution in [0.25, 0.3) is 0 Å². The molecule has 0 aromatic rings. The lowest BCUT2D eigenvalue weighted by Gasteiger charge is -2.56. The molecule has 0 aromatic carbocycles. The number of carbonyl (C=O) groups is 2. The average Bonchev–Trinajstić information content (AvgIpc) is 2.33. The van der Waals surface area contributed by atoms with Gasteiger partial charge >= 0.3 is 5.97 Å². The summed E-state index contributed by atoms with van der Waals surface area (Å²) in [6, 6.07) is -0.0393. The molecule has 1 amide bonds. The van der Waals surface area contributed by atoms with E-state index in [4.69, 9.17) is 5.11 Å². The Morgan fingerprint density at radius 1 is 1.14 bits per heavy atom. The summed E-state index contributed by atoms with van der Waals surface area (Å²) in [6.07, 6.45) is 9.23. The Morgan fingerprint density at radius 3 is 2.14 bits per heavy atom. The summed E-state index contributed by atoms with van der Waals surface area (Å²) < 4.78 is 0. The van der Waals surface area contributed by atoms with Crippen LogP contribution in [0.15, 0.2) is 0 Å². The minimum Gasteiger partial charge on any atom is -0.481 e. The Bertz CT molecular complexity index is 396. The van der Waals surface area contributed by atoms with E-state index in [0.29, 0.717) is 12.8 Å². The van der Waals surface area contributed by atoms with Crippen molar-refractivity contribution in [3.8, 4) is 0 Å². The van der Waals surface area contributed by atoms with Gasteiger partial charge in [-0.25, -0.2) is 0 Å². The molecule has 21 heavy (non-hydrogen) atoms. The van der Waals surface area contributed by atoms with E-state index in [1.165, 1.54) is 38.5 Å². The molecular formula is C17H27NO3. The highest BCUT2D eigenvalue weighted by Gasteiger charge is 2.51. The van der Waals surface area contributed by atoms with E-state index in [1.807, 2.05) is 6.92 Å². The van der Waals surface area contributed by atoms with Gasteiger partial charge in [-0.1, -0.05) is 0 Å². The molecule has 4 rings (SSSR count). The number of nitrogens with one attached hydrogen (secondary N) is 1. The van der Waals surface area contributed by atoms with E-state index in [0.717, 1.165) is 17.8 Å². The number of carbonyl (C=O) groups excluding carboxylic acids is 1. The van der Waals surface area contributed by atoms with Crippen LogP contribution in [0, 0.1) is 23.2 Å². The summed E-state index contributed by atoms with van der Waals surface area (Å²) in [5, 5.41) is 11.7. The Hall–Kier alpha value is -1.06. The number of hydrogen-bond acceptors (Lipinski definition) is 2. The van der Waals surface area contributed by atoms with Crippen molar-refractivity contribution >= 4 is 11.9 Å². The molecule has 0 spiro atoms. The smallest absolute Gasteiger partial charge is 0.303 e. The highest BCUT2D eigenvalue weighted by Crippen LogP contribution is 2.61. The molecule has 1 atom stereocenters. The Labute approximate surface area is 126 Å². The molecule has 0 heterocycles. The zero-order chi connectivity index (χ0) is 15.0. The predicted octanol–water partition coefficient (Wildman–Crippen LogP) is 2.96. The third-order valence-electron chi connectivity index (χ3n) is 5.90. The molecule has 0 saturated heterocycles. The summed E-state index contributed by atoms with van der Waals surface area (Å²) >= 11 is 0. The van der Waals surface area contributed by atoms with Crippen LogP contribution in [0.2, 0.25) is 0 Å². The second-order valence-electron chi connectivity index (χ2n) is 8.00. The third kappa shape index (κ3) is 3.41. The van der Waals surface area contributed by atoms with Crippen LogP contribution in [-0.4, -0.2) is 23.0 Å². The average molecular weight is 293 g/mol. The van der Waals surface area contributed by atoms with Crippen LogP contribution in [0.4, 0.5) is 0 Å². The number of rotatable bonds is 6. The fourth-order valence-corrected chi connectivity index (χ4v) is 5.59. The van der Waals surface area contributed by atoms with Crippen LogP contribution in [0.5, 0.6) is 0 Å². The van der Waals surface area contributed by atoms with Gasteiger partial charge in [0.15, 0.2) is 0 Å². The van der Waals surface area contributed by atoms with Gasteiger partial charge in [0.05, 0.1) is 0 Å². The standard InChI is InChI=1S/C17H27NO3/c1-11(2-3-16(20)21)18-15(19)10-17-7-12-4-13(8-17)6-14(5-12)9-17/h11-14H,2-10H2,1H3,(H,18,19)(H,20,21). The largest absolute Gasteiger partial charge is 0.481 e. The number of hydrogen-bond donors (Lipinski definition) is 2. The maximum atomic E-state index is 12.3. The molecule has 0 radical (unpaired) electrons. The minimum absolute atomic E-state index is 0.0393. The van der Waals surface area contributed by atoms with E-state index in [2.05, 4.69) is 5.32 Å². The summed E-state index contributed by atoms with van der Waals surface area (Å²) in [4.78, 5) is 22.9. The molecular weight excluding hydrogens is 266 g/mol. The van der Waals surface area contributed by atoms with E-state index in [-0.39, 0.29) is 23.8 Å². The second kappa shape index (κ2) is 5.62. The van der Waals surface area contributed by atoms with Gasteiger partial charge in [-0.15, -0.1) is 0 Å². The summed E-state index contributed by atoms with van der Waals surface area (Å²) in [7, 11) is 0. The lowest BCUT2D eigenvalue weighted by molar-refractivity contribution is -0.137. The number of amides is 1. The second-order valence-corrected chi connectivity index (χ2v) is 8.00. The van der Waals surface area contributed by atoms with E-state index in [1.54, 1.807) is 0 Å². The SMILES string of the molecule is CC(CCC(=O)O)NC(=O)CC12CC3CC(CC(C3)C1)C2. The first-order chi connectivity index (χ1) is 9.94. The van der Waals surface area contributed by atoms with Gasteiger partial charge in [0.2, 0.25) is 5.91 Å². The minimum atomic E-state index is -0.794. The summed E-state index contributed by atoms with van der Waals surface area (Å²) in [5.74, 6) is 1.95. The van der Waals surface area contributed by atoms with Crippen molar-refractivity contribution in [3.63, 3.8) is 0 Å². The van der Waals surface area contributed by atoms with Crippen molar-refractivity contribution in [1.82, 2.24) is 5.32 Å². The van der Waals surface area contributed by atoms with Crippen molar-refractivity contribution in [3.05, 3.63) is 0 Å². The summed E-state index contributed by atoms with van der Waals surface area (Å²) in [5.41, 5.74) is 0.269. The van der Waals surface area contributed by atoms with Crippen molar-refractivity contribution in [2.75, 3.05) is 0 Å². The van der Waals surface area contributed by atoms with E-state index in [9.17, 15) is 9.59 Å². The van der Waals surface area contributed by atoms with E-state index >= 15 is 0 Å². The molecule has 4 aliphatic carbocycles. The number of carboxylic acid groups (broad SMARTS) is 1.